The van der Waals surface area contributed by atoms with Crippen molar-refractivity contribution >= 4 is 5.91 Å². The van der Waals surface area contributed by atoms with E-state index in [0.717, 1.165) is 18.8 Å². The molecule has 1 aromatic heterocycles. The number of aromatic amines is 1. The van der Waals surface area contributed by atoms with Gasteiger partial charge in [-0.05, 0) is 51.8 Å². The number of carbonyl (C=O) groups excluding carboxylic acids is 1. The van der Waals surface area contributed by atoms with E-state index in [0.29, 0.717) is 11.6 Å². The number of amides is 1. The summed E-state index contributed by atoms with van der Waals surface area (Å²) in [6, 6.07) is 1.95. The van der Waals surface area contributed by atoms with Crippen LogP contribution in [0, 0.1) is 12.8 Å². The highest BCUT2D eigenvalue weighted by atomic mass is 16.2. The molecule has 0 spiro atoms. The van der Waals surface area contributed by atoms with Gasteiger partial charge in [-0.3, -0.25) is 9.89 Å². The quantitative estimate of drug-likeness (QED) is 0.728. The second-order valence-corrected chi connectivity index (χ2v) is 4.80. The summed E-state index contributed by atoms with van der Waals surface area (Å²) in [7, 11) is 0. The van der Waals surface area contributed by atoms with E-state index in [1.165, 1.54) is 12.8 Å². The van der Waals surface area contributed by atoms with E-state index in [1.807, 2.05) is 6.92 Å². The van der Waals surface area contributed by atoms with Crippen LogP contribution in [0.25, 0.3) is 0 Å². The van der Waals surface area contributed by atoms with Gasteiger partial charge in [-0.2, -0.15) is 5.10 Å². The van der Waals surface area contributed by atoms with E-state index in [2.05, 4.69) is 27.8 Å². The van der Waals surface area contributed by atoms with Crippen molar-refractivity contribution in [3.8, 4) is 0 Å². The summed E-state index contributed by atoms with van der Waals surface area (Å²) in [5.74, 6) is 0.431. The number of rotatable bonds is 3. The first-order chi connectivity index (χ1) is 8.16. The molecule has 0 aromatic carbocycles. The molecule has 1 amide bonds. The van der Waals surface area contributed by atoms with Crippen molar-refractivity contribution < 1.29 is 4.79 Å². The minimum atomic E-state index is -0.0903. The number of hydrogen-bond donors (Lipinski definition) is 3. The number of nitrogens with zero attached hydrogens (tertiary/aromatic N) is 1. The Balaban J connectivity index is 1.89. The summed E-state index contributed by atoms with van der Waals surface area (Å²) in [5.41, 5.74) is 1.38. The zero-order valence-corrected chi connectivity index (χ0v) is 10.4. The molecule has 0 bridgehead atoms. The summed E-state index contributed by atoms with van der Waals surface area (Å²) in [5, 5.41) is 13.1. The zero-order valence-electron chi connectivity index (χ0n) is 10.4. The van der Waals surface area contributed by atoms with Crippen LogP contribution in [0.4, 0.5) is 0 Å². The fourth-order valence-electron chi connectivity index (χ4n) is 2.24. The van der Waals surface area contributed by atoms with Crippen LogP contribution >= 0.6 is 0 Å². The lowest BCUT2D eigenvalue weighted by Crippen LogP contribution is -2.44. The zero-order chi connectivity index (χ0) is 12.3. The number of piperidine rings is 1. The largest absolute Gasteiger partial charge is 0.348 e. The summed E-state index contributed by atoms with van der Waals surface area (Å²) >= 11 is 0. The van der Waals surface area contributed by atoms with Crippen molar-refractivity contribution in [2.45, 2.75) is 32.7 Å². The van der Waals surface area contributed by atoms with Crippen LogP contribution in [-0.4, -0.2) is 35.2 Å². The maximum absolute atomic E-state index is 11.9. The smallest absolute Gasteiger partial charge is 0.271 e. The third kappa shape index (κ3) is 3.06. The lowest BCUT2D eigenvalue weighted by Gasteiger charge is -2.28. The van der Waals surface area contributed by atoms with Crippen LogP contribution in [-0.2, 0) is 0 Å². The van der Waals surface area contributed by atoms with E-state index in [-0.39, 0.29) is 11.9 Å². The monoisotopic (exact) mass is 236 g/mol. The van der Waals surface area contributed by atoms with Gasteiger partial charge in [0, 0.05) is 11.7 Å². The first kappa shape index (κ1) is 12.1. The molecule has 2 atom stereocenters. The number of aryl methyl sites for hydroxylation is 1. The minimum absolute atomic E-state index is 0.0903. The fourth-order valence-corrected chi connectivity index (χ4v) is 2.24. The van der Waals surface area contributed by atoms with Crippen LogP contribution in [0.15, 0.2) is 6.07 Å². The molecule has 2 rings (SSSR count). The molecular formula is C12H20N4O. The summed E-state index contributed by atoms with van der Waals surface area (Å²) in [4.78, 5) is 11.9. The number of aromatic nitrogens is 2. The molecule has 1 aliphatic rings. The van der Waals surface area contributed by atoms with Crippen LogP contribution in [0.5, 0.6) is 0 Å². The molecule has 94 valence electrons. The second kappa shape index (κ2) is 5.31. The van der Waals surface area contributed by atoms with Gasteiger partial charge in [0.05, 0.1) is 0 Å². The lowest BCUT2D eigenvalue weighted by atomic mass is 9.93. The normalized spacial score (nSPS) is 22.1. The first-order valence-electron chi connectivity index (χ1n) is 6.20. The Hall–Kier alpha value is -1.36. The molecule has 0 aliphatic carbocycles. The van der Waals surface area contributed by atoms with Gasteiger partial charge in [-0.25, -0.2) is 0 Å². The van der Waals surface area contributed by atoms with Gasteiger partial charge in [0.15, 0.2) is 0 Å². The van der Waals surface area contributed by atoms with Gasteiger partial charge in [0.25, 0.3) is 5.91 Å². The molecule has 3 N–H and O–H groups in total. The molecule has 1 fully saturated rings. The van der Waals surface area contributed by atoms with Crippen molar-refractivity contribution in [3.05, 3.63) is 17.5 Å². The summed E-state index contributed by atoms with van der Waals surface area (Å²) in [6.45, 7) is 6.03. The molecular weight excluding hydrogens is 216 g/mol. The van der Waals surface area contributed by atoms with Crippen LogP contribution in [0.1, 0.15) is 35.9 Å². The number of H-pyrrole nitrogens is 1. The van der Waals surface area contributed by atoms with Crippen LogP contribution < -0.4 is 10.6 Å². The molecule has 17 heavy (non-hydrogen) atoms. The van der Waals surface area contributed by atoms with Gasteiger partial charge < -0.3 is 10.6 Å². The molecule has 1 aromatic rings. The van der Waals surface area contributed by atoms with Crippen LogP contribution in [0.2, 0.25) is 0 Å². The molecule has 1 aliphatic heterocycles. The second-order valence-electron chi connectivity index (χ2n) is 4.80. The van der Waals surface area contributed by atoms with Gasteiger partial charge in [0.1, 0.15) is 5.69 Å². The van der Waals surface area contributed by atoms with Crippen molar-refractivity contribution in [3.63, 3.8) is 0 Å². The predicted octanol–water partition coefficient (Wildman–Crippen LogP) is 0.836. The van der Waals surface area contributed by atoms with E-state index in [1.54, 1.807) is 6.07 Å². The molecule has 2 heterocycles. The van der Waals surface area contributed by atoms with Crippen molar-refractivity contribution in [2.75, 3.05) is 13.1 Å². The maximum atomic E-state index is 11.9. The van der Waals surface area contributed by atoms with E-state index >= 15 is 0 Å². The Bertz CT molecular complexity index is 382. The summed E-state index contributed by atoms with van der Waals surface area (Å²) < 4.78 is 0. The van der Waals surface area contributed by atoms with Crippen molar-refractivity contribution in [1.82, 2.24) is 20.8 Å². The fraction of sp³-hybridized carbons (Fsp3) is 0.667. The van der Waals surface area contributed by atoms with E-state index in [4.69, 9.17) is 0 Å². The maximum Gasteiger partial charge on any atom is 0.271 e. The van der Waals surface area contributed by atoms with Crippen LogP contribution in [0.3, 0.4) is 0 Å². The minimum Gasteiger partial charge on any atom is -0.348 e. The molecule has 5 nitrogen and oxygen atoms in total. The van der Waals surface area contributed by atoms with E-state index < -0.39 is 0 Å². The van der Waals surface area contributed by atoms with Crippen molar-refractivity contribution in [2.24, 2.45) is 5.92 Å². The van der Waals surface area contributed by atoms with Gasteiger partial charge in [-0.1, -0.05) is 0 Å². The molecule has 2 unspecified atom stereocenters. The Morgan fingerprint density at radius 2 is 2.47 bits per heavy atom. The third-order valence-corrected chi connectivity index (χ3v) is 3.34. The van der Waals surface area contributed by atoms with Gasteiger partial charge >= 0.3 is 0 Å². The number of nitrogens with one attached hydrogen (secondary N) is 3. The topological polar surface area (TPSA) is 69.8 Å². The number of hydrogen-bond acceptors (Lipinski definition) is 3. The average Bonchev–Trinajstić information content (AvgIpc) is 2.77. The Kier molecular flexibility index (Phi) is 3.78. The SMILES string of the molecule is Cc1cc(C(=O)NC(C)C2CCCNC2)n[nH]1. The Morgan fingerprint density at radius 3 is 3.06 bits per heavy atom. The Morgan fingerprint density at radius 1 is 1.65 bits per heavy atom. The van der Waals surface area contributed by atoms with Gasteiger partial charge in [-0.15, -0.1) is 0 Å². The highest BCUT2D eigenvalue weighted by Gasteiger charge is 2.22. The van der Waals surface area contributed by atoms with E-state index in [9.17, 15) is 4.79 Å². The first-order valence-corrected chi connectivity index (χ1v) is 6.20. The molecule has 5 heteroatoms. The standard InChI is InChI=1S/C12H20N4O/c1-8-6-11(16-15-8)12(17)14-9(2)10-4-3-5-13-7-10/h6,9-10,13H,3-5,7H2,1-2H3,(H,14,17)(H,15,16). The molecule has 1 saturated heterocycles. The number of carbonyl (C=O) groups is 1. The highest BCUT2D eigenvalue weighted by Crippen LogP contribution is 2.14. The lowest BCUT2D eigenvalue weighted by molar-refractivity contribution is 0.0917. The average molecular weight is 236 g/mol. The predicted molar refractivity (Wildman–Crippen MR) is 65.8 cm³/mol. The third-order valence-electron chi connectivity index (χ3n) is 3.34. The Labute approximate surface area is 101 Å². The summed E-state index contributed by atoms with van der Waals surface area (Å²) in [6.07, 6.45) is 2.36. The highest BCUT2D eigenvalue weighted by molar-refractivity contribution is 5.92. The van der Waals surface area contributed by atoms with Gasteiger partial charge in [0.2, 0.25) is 0 Å². The molecule has 0 radical (unpaired) electrons. The molecule has 0 saturated carbocycles. The van der Waals surface area contributed by atoms with Crippen molar-refractivity contribution in [1.29, 1.82) is 0 Å².